The van der Waals surface area contributed by atoms with Crippen LogP contribution in [0.3, 0.4) is 0 Å². The highest BCUT2D eigenvalue weighted by atomic mass is 35.5. The van der Waals surface area contributed by atoms with E-state index in [1.807, 2.05) is 24.3 Å². The highest BCUT2D eigenvalue weighted by Gasteiger charge is 2.25. The molecule has 0 radical (unpaired) electrons. The largest absolute Gasteiger partial charge is 0.399 e. The van der Waals surface area contributed by atoms with Crippen molar-refractivity contribution in [3.05, 3.63) is 29.8 Å². The summed E-state index contributed by atoms with van der Waals surface area (Å²) in [6.07, 6.45) is 6.37. The lowest BCUT2D eigenvalue weighted by molar-refractivity contribution is -0.132. The van der Waals surface area contributed by atoms with Gasteiger partial charge < -0.3 is 15.5 Å². The average molecular weight is 388 g/mol. The molecule has 3 rings (SSSR count). The van der Waals surface area contributed by atoms with Crippen LogP contribution in [-0.4, -0.2) is 48.4 Å². The molecule has 1 amide bonds. The number of piperidine rings is 1. The molecule has 25 heavy (non-hydrogen) atoms. The van der Waals surface area contributed by atoms with E-state index in [0.717, 1.165) is 49.5 Å². The maximum atomic E-state index is 12.4. The molecular weight excluding hydrogens is 357 g/mol. The molecule has 0 aliphatic carbocycles. The van der Waals surface area contributed by atoms with Gasteiger partial charge in [-0.3, -0.25) is 4.79 Å². The Morgan fingerprint density at radius 1 is 1.04 bits per heavy atom. The third-order valence-corrected chi connectivity index (χ3v) is 5.35. The average Bonchev–Trinajstić information content (AvgIpc) is 3.07. The van der Waals surface area contributed by atoms with E-state index >= 15 is 0 Å². The molecule has 0 aromatic heterocycles. The first-order chi connectivity index (χ1) is 11.2. The zero-order chi connectivity index (χ0) is 16.1. The van der Waals surface area contributed by atoms with Crippen LogP contribution in [0, 0.1) is 5.92 Å². The number of carbonyl (C=O) groups excluding carboxylic acids is 1. The van der Waals surface area contributed by atoms with Crippen LogP contribution >= 0.6 is 24.8 Å². The first kappa shape index (κ1) is 22.1. The van der Waals surface area contributed by atoms with Crippen molar-refractivity contribution in [2.45, 2.75) is 38.5 Å². The Kier molecular flexibility index (Phi) is 9.62. The Hall–Kier alpha value is -0.970. The van der Waals surface area contributed by atoms with Gasteiger partial charge in [-0.25, -0.2) is 0 Å². The molecule has 2 fully saturated rings. The second-order valence-electron chi connectivity index (χ2n) is 7.03. The standard InChI is InChI=1S/C19H29N3O.2ClH/c20-18-6-2-1-5-17(18)7-8-19(23)22-13-9-16(10-14-22)15-21-11-3-4-12-21;;/h1-2,5-6,16H,3-4,7-15,20H2;2*1H. The Balaban J connectivity index is 0.00000156. The molecule has 0 unspecified atom stereocenters. The van der Waals surface area contributed by atoms with E-state index in [0.29, 0.717) is 6.42 Å². The van der Waals surface area contributed by atoms with Crippen LogP contribution in [0.2, 0.25) is 0 Å². The summed E-state index contributed by atoms with van der Waals surface area (Å²) in [5.74, 6) is 1.06. The lowest BCUT2D eigenvalue weighted by atomic mass is 9.95. The summed E-state index contributed by atoms with van der Waals surface area (Å²) in [7, 11) is 0. The number of halogens is 2. The van der Waals surface area contributed by atoms with Crippen molar-refractivity contribution in [1.29, 1.82) is 0 Å². The van der Waals surface area contributed by atoms with E-state index < -0.39 is 0 Å². The number of nitrogens with zero attached hydrogens (tertiary/aromatic N) is 2. The van der Waals surface area contributed by atoms with Crippen molar-refractivity contribution in [2.24, 2.45) is 5.92 Å². The summed E-state index contributed by atoms with van der Waals surface area (Å²) >= 11 is 0. The number of likely N-dealkylation sites (tertiary alicyclic amines) is 2. The number of nitrogen functional groups attached to an aromatic ring is 1. The summed E-state index contributed by atoms with van der Waals surface area (Å²) in [5.41, 5.74) is 7.84. The number of anilines is 1. The van der Waals surface area contributed by atoms with Gasteiger partial charge in [-0.1, -0.05) is 18.2 Å². The Labute approximate surface area is 163 Å². The number of aryl methyl sites for hydroxylation is 1. The van der Waals surface area contributed by atoms with Crippen LogP contribution in [0.4, 0.5) is 5.69 Å². The van der Waals surface area contributed by atoms with E-state index in [1.54, 1.807) is 0 Å². The van der Waals surface area contributed by atoms with Gasteiger partial charge in [-0.15, -0.1) is 24.8 Å². The second kappa shape index (κ2) is 10.9. The van der Waals surface area contributed by atoms with Crippen molar-refractivity contribution in [3.63, 3.8) is 0 Å². The Morgan fingerprint density at radius 3 is 2.32 bits per heavy atom. The van der Waals surface area contributed by atoms with Gasteiger partial charge in [0.05, 0.1) is 0 Å². The molecule has 2 aliphatic heterocycles. The van der Waals surface area contributed by atoms with Gasteiger partial charge in [0, 0.05) is 31.7 Å². The summed E-state index contributed by atoms with van der Waals surface area (Å²) in [6, 6.07) is 7.85. The number of carbonyl (C=O) groups is 1. The van der Waals surface area contributed by atoms with Crippen molar-refractivity contribution in [1.82, 2.24) is 9.80 Å². The van der Waals surface area contributed by atoms with Crippen LogP contribution in [0.15, 0.2) is 24.3 Å². The summed E-state index contributed by atoms with van der Waals surface area (Å²) in [5, 5.41) is 0. The predicted molar refractivity (Wildman–Crippen MR) is 109 cm³/mol. The minimum Gasteiger partial charge on any atom is -0.399 e. The maximum Gasteiger partial charge on any atom is 0.222 e. The zero-order valence-electron chi connectivity index (χ0n) is 14.9. The SMILES string of the molecule is Cl.Cl.Nc1ccccc1CCC(=O)N1CCC(CN2CCCC2)CC1. The number of nitrogens with two attached hydrogens (primary N) is 1. The number of amides is 1. The smallest absolute Gasteiger partial charge is 0.222 e. The van der Waals surface area contributed by atoms with Crippen LogP contribution in [0.5, 0.6) is 0 Å². The van der Waals surface area contributed by atoms with Gasteiger partial charge in [0.2, 0.25) is 5.91 Å². The molecule has 0 atom stereocenters. The van der Waals surface area contributed by atoms with Gasteiger partial charge in [-0.2, -0.15) is 0 Å². The van der Waals surface area contributed by atoms with Crippen molar-refractivity contribution < 1.29 is 4.79 Å². The molecule has 2 aliphatic rings. The number of rotatable bonds is 5. The number of para-hydroxylation sites is 1. The minimum absolute atomic E-state index is 0. The maximum absolute atomic E-state index is 12.4. The third kappa shape index (κ3) is 6.36. The summed E-state index contributed by atoms with van der Waals surface area (Å²) in [6.45, 7) is 5.65. The van der Waals surface area contributed by atoms with Crippen LogP contribution in [-0.2, 0) is 11.2 Å². The molecule has 4 nitrogen and oxygen atoms in total. The van der Waals surface area contributed by atoms with Gasteiger partial charge in [-0.05, 0) is 62.7 Å². The summed E-state index contributed by atoms with van der Waals surface area (Å²) < 4.78 is 0. The van der Waals surface area contributed by atoms with Crippen LogP contribution in [0.25, 0.3) is 0 Å². The fourth-order valence-corrected chi connectivity index (χ4v) is 3.86. The predicted octanol–water partition coefficient (Wildman–Crippen LogP) is 3.38. The normalized spacial score (nSPS) is 18.5. The first-order valence-corrected chi connectivity index (χ1v) is 9.06. The Bertz CT molecular complexity index is 527. The van der Waals surface area contributed by atoms with E-state index in [1.165, 1.54) is 32.5 Å². The van der Waals surface area contributed by atoms with Crippen molar-refractivity contribution in [2.75, 3.05) is 38.5 Å². The Morgan fingerprint density at radius 2 is 1.68 bits per heavy atom. The molecule has 1 aromatic carbocycles. The highest BCUT2D eigenvalue weighted by molar-refractivity contribution is 5.85. The molecular formula is C19H31Cl2N3O. The fourth-order valence-electron chi connectivity index (χ4n) is 3.86. The van der Waals surface area contributed by atoms with E-state index in [4.69, 9.17) is 5.73 Å². The van der Waals surface area contributed by atoms with Crippen LogP contribution in [0.1, 0.15) is 37.7 Å². The molecule has 6 heteroatoms. The van der Waals surface area contributed by atoms with Crippen molar-refractivity contribution in [3.8, 4) is 0 Å². The molecule has 142 valence electrons. The van der Waals surface area contributed by atoms with Crippen molar-refractivity contribution >= 4 is 36.4 Å². The van der Waals surface area contributed by atoms with E-state index in [2.05, 4.69) is 9.80 Å². The molecule has 0 saturated carbocycles. The highest BCUT2D eigenvalue weighted by Crippen LogP contribution is 2.21. The minimum atomic E-state index is 0. The fraction of sp³-hybridized carbons (Fsp3) is 0.632. The lowest BCUT2D eigenvalue weighted by Gasteiger charge is -2.34. The quantitative estimate of drug-likeness (QED) is 0.787. The summed E-state index contributed by atoms with van der Waals surface area (Å²) in [4.78, 5) is 17.1. The molecule has 0 bridgehead atoms. The second-order valence-corrected chi connectivity index (χ2v) is 7.03. The van der Waals surface area contributed by atoms with Gasteiger partial charge in [0.1, 0.15) is 0 Å². The van der Waals surface area contributed by atoms with Gasteiger partial charge in [0.25, 0.3) is 0 Å². The number of hydrogen-bond acceptors (Lipinski definition) is 3. The van der Waals surface area contributed by atoms with Gasteiger partial charge in [0.15, 0.2) is 0 Å². The molecule has 2 N–H and O–H groups in total. The van der Waals surface area contributed by atoms with Gasteiger partial charge >= 0.3 is 0 Å². The molecule has 2 heterocycles. The monoisotopic (exact) mass is 387 g/mol. The third-order valence-electron chi connectivity index (χ3n) is 5.35. The molecule has 2 saturated heterocycles. The molecule has 0 spiro atoms. The lowest BCUT2D eigenvalue weighted by Crippen LogP contribution is -2.41. The zero-order valence-corrected chi connectivity index (χ0v) is 16.5. The number of benzene rings is 1. The van der Waals surface area contributed by atoms with E-state index in [-0.39, 0.29) is 30.7 Å². The van der Waals surface area contributed by atoms with Crippen LogP contribution < -0.4 is 5.73 Å². The first-order valence-electron chi connectivity index (χ1n) is 9.06. The molecule has 1 aromatic rings. The number of hydrogen-bond donors (Lipinski definition) is 1. The van der Waals surface area contributed by atoms with E-state index in [9.17, 15) is 4.79 Å². The topological polar surface area (TPSA) is 49.6 Å².